The van der Waals surface area contributed by atoms with E-state index in [-0.39, 0.29) is 11.3 Å². The molecule has 0 atom stereocenters. The van der Waals surface area contributed by atoms with E-state index in [9.17, 15) is 14.9 Å². The van der Waals surface area contributed by atoms with Crippen LogP contribution in [0.2, 0.25) is 0 Å². The van der Waals surface area contributed by atoms with Crippen LogP contribution < -0.4 is 5.32 Å². The summed E-state index contributed by atoms with van der Waals surface area (Å²) in [6.07, 6.45) is 3.06. The highest BCUT2D eigenvalue weighted by atomic mass is 16.6. The van der Waals surface area contributed by atoms with E-state index in [1.807, 2.05) is 11.9 Å². The van der Waals surface area contributed by atoms with Crippen molar-refractivity contribution in [2.24, 2.45) is 0 Å². The number of hydrogen-bond acceptors (Lipinski definition) is 6. The minimum Gasteiger partial charge on any atom is -0.383 e. The van der Waals surface area contributed by atoms with Crippen LogP contribution in [0.5, 0.6) is 0 Å². The van der Waals surface area contributed by atoms with E-state index in [0.29, 0.717) is 25.4 Å². The summed E-state index contributed by atoms with van der Waals surface area (Å²) in [7, 11) is 3.54. The summed E-state index contributed by atoms with van der Waals surface area (Å²) >= 11 is 0. The first-order valence-corrected chi connectivity index (χ1v) is 7.67. The highest BCUT2D eigenvalue weighted by Crippen LogP contribution is 2.22. The van der Waals surface area contributed by atoms with Gasteiger partial charge < -0.3 is 10.1 Å². The fourth-order valence-corrected chi connectivity index (χ4v) is 2.30. The molecule has 1 heterocycles. The number of pyridine rings is 1. The topological polar surface area (TPSA) is 97.6 Å². The number of anilines is 1. The van der Waals surface area contributed by atoms with Crippen molar-refractivity contribution in [2.75, 3.05) is 32.6 Å². The van der Waals surface area contributed by atoms with Gasteiger partial charge in [0.15, 0.2) is 0 Å². The minimum atomic E-state index is -0.559. The number of nitrogens with one attached hydrogen (secondary N) is 1. The molecule has 25 heavy (non-hydrogen) atoms. The van der Waals surface area contributed by atoms with Crippen LogP contribution in [0.3, 0.4) is 0 Å². The third-order valence-corrected chi connectivity index (χ3v) is 3.55. The van der Waals surface area contributed by atoms with Gasteiger partial charge in [-0.2, -0.15) is 0 Å². The van der Waals surface area contributed by atoms with E-state index < -0.39 is 10.8 Å². The fourth-order valence-electron chi connectivity index (χ4n) is 2.30. The van der Waals surface area contributed by atoms with Crippen molar-refractivity contribution in [3.8, 4) is 0 Å². The molecule has 0 aliphatic carbocycles. The first kappa shape index (κ1) is 18.5. The summed E-state index contributed by atoms with van der Waals surface area (Å²) in [5.74, 6) is -0.541. The first-order valence-electron chi connectivity index (χ1n) is 7.67. The summed E-state index contributed by atoms with van der Waals surface area (Å²) < 4.78 is 5.03. The predicted molar refractivity (Wildman–Crippen MR) is 93.5 cm³/mol. The highest BCUT2D eigenvalue weighted by Gasteiger charge is 2.21. The zero-order valence-corrected chi connectivity index (χ0v) is 14.1. The van der Waals surface area contributed by atoms with Gasteiger partial charge in [0.1, 0.15) is 5.56 Å². The van der Waals surface area contributed by atoms with Crippen molar-refractivity contribution >= 4 is 17.3 Å². The van der Waals surface area contributed by atoms with Crippen LogP contribution in [0.25, 0.3) is 0 Å². The van der Waals surface area contributed by atoms with Crippen molar-refractivity contribution in [3.05, 3.63) is 64.0 Å². The summed E-state index contributed by atoms with van der Waals surface area (Å²) in [4.78, 5) is 29.1. The fraction of sp³-hybridized carbons (Fsp3) is 0.294. The molecule has 1 amide bonds. The van der Waals surface area contributed by atoms with Gasteiger partial charge in [0, 0.05) is 32.5 Å². The number of carbonyl (C=O) groups excluding carboxylic acids is 1. The van der Waals surface area contributed by atoms with Gasteiger partial charge in [0.25, 0.3) is 11.6 Å². The molecule has 132 valence electrons. The van der Waals surface area contributed by atoms with Crippen LogP contribution in [-0.4, -0.2) is 48.0 Å². The molecular weight excluding hydrogens is 324 g/mol. The molecule has 0 fully saturated rings. The van der Waals surface area contributed by atoms with E-state index in [4.69, 9.17) is 4.74 Å². The van der Waals surface area contributed by atoms with E-state index in [0.717, 1.165) is 5.56 Å². The molecule has 0 radical (unpaired) electrons. The number of nitrogens with zero attached hydrogens (tertiary/aromatic N) is 3. The van der Waals surface area contributed by atoms with Crippen LogP contribution in [0.4, 0.5) is 11.4 Å². The lowest BCUT2D eigenvalue weighted by Crippen LogP contribution is -2.22. The summed E-state index contributed by atoms with van der Waals surface area (Å²) in [5, 5.41) is 13.9. The Morgan fingerprint density at radius 2 is 2.20 bits per heavy atom. The Labute approximate surface area is 145 Å². The number of ether oxygens (including phenoxy) is 1. The molecule has 0 aliphatic heterocycles. The number of hydrogen-bond donors (Lipinski definition) is 1. The van der Waals surface area contributed by atoms with Gasteiger partial charge in [0.2, 0.25) is 0 Å². The molecule has 2 aromatic rings. The van der Waals surface area contributed by atoms with Gasteiger partial charge >= 0.3 is 0 Å². The number of amides is 1. The molecule has 0 bridgehead atoms. The Morgan fingerprint density at radius 1 is 1.40 bits per heavy atom. The second kappa shape index (κ2) is 8.86. The number of carbonyl (C=O) groups is 1. The lowest BCUT2D eigenvalue weighted by atomic mass is 10.1. The van der Waals surface area contributed by atoms with Crippen LogP contribution in [0.1, 0.15) is 15.9 Å². The Hall–Kier alpha value is -2.84. The normalized spacial score (nSPS) is 10.7. The molecule has 0 saturated carbocycles. The molecule has 0 aliphatic rings. The molecule has 8 nitrogen and oxygen atoms in total. The molecule has 0 spiro atoms. The number of aromatic nitrogens is 1. The maximum absolute atomic E-state index is 12.5. The van der Waals surface area contributed by atoms with E-state index in [2.05, 4.69) is 10.3 Å². The second-order valence-corrected chi connectivity index (χ2v) is 5.54. The molecule has 0 unspecified atom stereocenters. The number of likely N-dealkylation sites (N-methyl/N-ethyl adjacent to an activating group) is 1. The molecular formula is C17H20N4O4. The van der Waals surface area contributed by atoms with Crippen molar-refractivity contribution in [3.63, 3.8) is 0 Å². The van der Waals surface area contributed by atoms with Gasteiger partial charge in [-0.25, -0.2) is 0 Å². The minimum absolute atomic E-state index is 0.0199. The smallest absolute Gasteiger partial charge is 0.282 e. The molecule has 1 aromatic heterocycles. The molecule has 1 aromatic carbocycles. The molecule has 1 N–H and O–H groups in total. The third kappa shape index (κ3) is 5.33. The molecule has 8 heteroatoms. The number of benzene rings is 1. The number of rotatable bonds is 8. The predicted octanol–water partition coefficient (Wildman–Crippen LogP) is 2.32. The van der Waals surface area contributed by atoms with Gasteiger partial charge in [-0.1, -0.05) is 6.07 Å². The van der Waals surface area contributed by atoms with E-state index in [1.54, 1.807) is 37.6 Å². The zero-order valence-electron chi connectivity index (χ0n) is 14.1. The Bertz CT molecular complexity index is 737. The standard InChI is InChI=1S/C17H20N4O4/c1-20(8-9-25-2)12-13-5-6-16(21(23)24)15(10-13)17(22)19-14-4-3-7-18-11-14/h3-7,10-11H,8-9,12H2,1-2H3,(H,19,22). The van der Waals surface area contributed by atoms with Crippen LogP contribution in [0, 0.1) is 10.1 Å². The van der Waals surface area contributed by atoms with Gasteiger partial charge in [-0.3, -0.25) is 24.8 Å². The van der Waals surface area contributed by atoms with Crippen molar-refractivity contribution < 1.29 is 14.5 Å². The van der Waals surface area contributed by atoms with Gasteiger partial charge in [0.05, 0.1) is 23.4 Å². The Morgan fingerprint density at radius 3 is 2.84 bits per heavy atom. The van der Waals surface area contributed by atoms with Crippen molar-refractivity contribution in [1.29, 1.82) is 0 Å². The average molecular weight is 344 g/mol. The largest absolute Gasteiger partial charge is 0.383 e. The number of nitro groups is 1. The van der Waals surface area contributed by atoms with Gasteiger partial charge in [-0.15, -0.1) is 0 Å². The summed E-state index contributed by atoms with van der Waals surface area (Å²) in [6.45, 7) is 1.84. The molecule has 0 saturated heterocycles. The maximum Gasteiger partial charge on any atom is 0.282 e. The van der Waals surface area contributed by atoms with Crippen molar-refractivity contribution in [2.45, 2.75) is 6.54 Å². The average Bonchev–Trinajstić information content (AvgIpc) is 2.60. The summed E-state index contributed by atoms with van der Waals surface area (Å²) in [5.41, 5.74) is 1.07. The van der Waals surface area contributed by atoms with Crippen LogP contribution in [-0.2, 0) is 11.3 Å². The Kier molecular flexibility index (Phi) is 6.55. The van der Waals surface area contributed by atoms with Gasteiger partial charge in [-0.05, 0) is 30.8 Å². The highest BCUT2D eigenvalue weighted by molar-refractivity contribution is 6.07. The quantitative estimate of drug-likeness (QED) is 0.583. The summed E-state index contributed by atoms with van der Waals surface area (Å²) in [6, 6.07) is 7.90. The maximum atomic E-state index is 12.5. The van der Waals surface area contributed by atoms with E-state index in [1.165, 1.54) is 12.3 Å². The van der Waals surface area contributed by atoms with Crippen molar-refractivity contribution in [1.82, 2.24) is 9.88 Å². The number of methoxy groups -OCH3 is 1. The van der Waals surface area contributed by atoms with Crippen LogP contribution >= 0.6 is 0 Å². The third-order valence-electron chi connectivity index (χ3n) is 3.55. The lowest BCUT2D eigenvalue weighted by Gasteiger charge is -2.16. The number of nitro benzene ring substituents is 1. The van der Waals surface area contributed by atoms with Crippen LogP contribution in [0.15, 0.2) is 42.7 Å². The zero-order chi connectivity index (χ0) is 18.2. The second-order valence-electron chi connectivity index (χ2n) is 5.54. The van der Waals surface area contributed by atoms with E-state index >= 15 is 0 Å². The Balaban J connectivity index is 2.22. The first-order chi connectivity index (χ1) is 12.0. The molecule has 2 rings (SSSR count). The monoisotopic (exact) mass is 344 g/mol. The lowest BCUT2D eigenvalue weighted by molar-refractivity contribution is -0.385. The SMILES string of the molecule is COCCN(C)Cc1ccc([N+](=O)[O-])c(C(=O)Nc2cccnc2)c1.